The third kappa shape index (κ3) is 3.66. The van der Waals surface area contributed by atoms with Crippen molar-refractivity contribution in [3.05, 3.63) is 51.9 Å². The summed E-state index contributed by atoms with van der Waals surface area (Å²) < 4.78 is 29.5. The van der Waals surface area contributed by atoms with Gasteiger partial charge in [-0.15, -0.1) is 0 Å². The highest BCUT2D eigenvalue weighted by Crippen LogP contribution is 2.53. The van der Waals surface area contributed by atoms with Crippen LogP contribution < -0.4 is 10.5 Å². The second-order valence-corrected chi connectivity index (χ2v) is 9.36. The number of carbonyl (C=O) groups is 1. The van der Waals surface area contributed by atoms with Crippen molar-refractivity contribution in [1.82, 2.24) is 0 Å². The van der Waals surface area contributed by atoms with Crippen LogP contribution in [-0.2, 0) is 30.2 Å². The number of esters is 1. The molecule has 176 valence electrons. The molecule has 1 aromatic carbocycles. The van der Waals surface area contributed by atoms with E-state index in [2.05, 4.69) is 6.08 Å². The van der Waals surface area contributed by atoms with Crippen molar-refractivity contribution in [1.29, 1.82) is 0 Å². The second kappa shape index (κ2) is 7.97. The first-order valence-corrected chi connectivity index (χ1v) is 11.2. The van der Waals surface area contributed by atoms with Gasteiger partial charge < -0.3 is 28.3 Å². The summed E-state index contributed by atoms with van der Waals surface area (Å²) in [6.45, 7) is 2.35. The van der Waals surface area contributed by atoms with Crippen LogP contribution in [0.1, 0.15) is 31.7 Å². The minimum Gasteiger partial charge on any atom is -0.459 e. The van der Waals surface area contributed by atoms with Crippen LogP contribution >= 0.6 is 0 Å². The minimum absolute atomic E-state index is 0.0396. The summed E-state index contributed by atoms with van der Waals surface area (Å²) in [6.07, 6.45) is 3.35. The molecule has 1 aliphatic carbocycles. The Morgan fingerprint density at radius 1 is 1.27 bits per heavy atom. The third-order valence-electron chi connectivity index (χ3n) is 7.03. The van der Waals surface area contributed by atoms with Crippen LogP contribution in [0.15, 0.2) is 45.1 Å². The first-order chi connectivity index (χ1) is 15.7. The number of rotatable bonds is 5. The van der Waals surface area contributed by atoms with E-state index in [1.54, 1.807) is 13.2 Å². The molecule has 0 radical (unpaired) electrons. The summed E-state index contributed by atoms with van der Waals surface area (Å²) in [5.41, 5.74) is 1.61. The fraction of sp³-hybridized carbons (Fsp3) is 0.520. The number of hydrogen-bond donors (Lipinski definition) is 0. The molecule has 1 aromatic heterocycles. The van der Waals surface area contributed by atoms with Gasteiger partial charge in [0, 0.05) is 50.8 Å². The Hall–Kier alpha value is -2.68. The quantitative estimate of drug-likeness (QED) is 0.386. The fourth-order valence-corrected chi connectivity index (χ4v) is 5.30. The second-order valence-electron chi connectivity index (χ2n) is 9.36. The molecule has 8 heteroatoms. The minimum atomic E-state index is -0.822. The lowest BCUT2D eigenvalue weighted by Gasteiger charge is -2.40. The highest BCUT2D eigenvalue weighted by atomic mass is 16.7. The number of allylic oxidation sites excluding steroid dienone is 1. The number of carbonyl (C=O) groups excluding carboxylic acids is 1. The monoisotopic (exact) mass is 455 g/mol. The Labute approximate surface area is 192 Å². The largest absolute Gasteiger partial charge is 0.459 e. The molecule has 0 saturated carbocycles. The molecule has 4 atom stereocenters. The number of methoxy groups -OCH3 is 1. The average Bonchev–Trinajstić information content (AvgIpc) is 3.26. The summed E-state index contributed by atoms with van der Waals surface area (Å²) in [4.78, 5) is 27.2. The molecule has 2 fully saturated rings. The Morgan fingerprint density at radius 2 is 2.09 bits per heavy atom. The summed E-state index contributed by atoms with van der Waals surface area (Å²) in [6, 6.07) is 6.94. The zero-order valence-corrected chi connectivity index (χ0v) is 19.4. The molecule has 1 unspecified atom stereocenters. The van der Waals surface area contributed by atoms with Crippen molar-refractivity contribution >= 4 is 22.6 Å². The van der Waals surface area contributed by atoms with Crippen molar-refractivity contribution in [2.75, 3.05) is 32.7 Å². The average molecular weight is 456 g/mol. The Morgan fingerprint density at radius 3 is 2.85 bits per heavy atom. The van der Waals surface area contributed by atoms with Gasteiger partial charge in [-0.1, -0.05) is 6.08 Å². The van der Waals surface area contributed by atoms with E-state index in [4.69, 9.17) is 23.4 Å². The zero-order chi connectivity index (χ0) is 23.4. The normalized spacial score (nSPS) is 30.6. The summed E-state index contributed by atoms with van der Waals surface area (Å²) in [7, 11) is 5.43. The van der Waals surface area contributed by atoms with Crippen molar-refractivity contribution in [3.63, 3.8) is 0 Å². The van der Waals surface area contributed by atoms with Gasteiger partial charge in [0.1, 0.15) is 11.7 Å². The van der Waals surface area contributed by atoms with Crippen LogP contribution in [0, 0.1) is 0 Å². The van der Waals surface area contributed by atoms with Gasteiger partial charge in [-0.25, -0.2) is 4.79 Å². The number of nitrogens with zero attached hydrogens (tertiary/aromatic N) is 1. The summed E-state index contributed by atoms with van der Waals surface area (Å²) in [5, 5.41) is 0.714. The highest BCUT2D eigenvalue weighted by molar-refractivity contribution is 5.87. The zero-order valence-electron chi connectivity index (χ0n) is 19.4. The Kier molecular flexibility index (Phi) is 5.34. The van der Waals surface area contributed by atoms with Crippen molar-refractivity contribution in [3.8, 4) is 0 Å². The van der Waals surface area contributed by atoms with Crippen LogP contribution in [0.4, 0.5) is 5.69 Å². The van der Waals surface area contributed by atoms with E-state index in [0.29, 0.717) is 36.0 Å². The lowest BCUT2D eigenvalue weighted by molar-refractivity contribution is -0.244. The van der Waals surface area contributed by atoms with Crippen molar-refractivity contribution in [2.24, 2.45) is 0 Å². The SMILES string of the molecule is COC1(C)C[C@@H]2OCC3=CCC[C@@H](OC(=O)Cc4cc(=O)oc5cc(N(C)C)ccc45)[C@]32O1. The first-order valence-electron chi connectivity index (χ1n) is 11.2. The van der Waals surface area contributed by atoms with Gasteiger partial charge in [0.05, 0.1) is 19.1 Å². The first kappa shape index (κ1) is 22.1. The molecule has 8 nitrogen and oxygen atoms in total. The molecule has 2 aliphatic heterocycles. The van der Waals surface area contributed by atoms with E-state index < -0.39 is 29.1 Å². The Balaban J connectivity index is 1.41. The molecule has 2 aromatic rings. The van der Waals surface area contributed by atoms with E-state index in [1.165, 1.54) is 6.07 Å². The van der Waals surface area contributed by atoms with Gasteiger partial charge in [-0.2, -0.15) is 0 Å². The predicted octanol–water partition coefficient (Wildman–Crippen LogP) is 2.95. The number of benzene rings is 1. The molecule has 0 amide bonds. The van der Waals surface area contributed by atoms with Crippen LogP contribution in [-0.4, -0.2) is 57.4 Å². The molecule has 0 bridgehead atoms. The maximum Gasteiger partial charge on any atom is 0.336 e. The van der Waals surface area contributed by atoms with Crippen molar-refractivity contribution < 1.29 is 28.2 Å². The number of ether oxygens (including phenoxy) is 4. The van der Waals surface area contributed by atoms with Crippen LogP contribution in [0.2, 0.25) is 0 Å². The maximum atomic E-state index is 13.1. The number of anilines is 1. The maximum absolute atomic E-state index is 13.1. The molecule has 3 heterocycles. The third-order valence-corrected chi connectivity index (χ3v) is 7.03. The van der Waals surface area contributed by atoms with Crippen molar-refractivity contribution in [2.45, 2.75) is 56.2 Å². The molecule has 1 spiro atoms. The molecule has 33 heavy (non-hydrogen) atoms. The van der Waals surface area contributed by atoms with Crippen LogP contribution in [0.25, 0.3) is 11.0 Å². The lowest BCUT2D eigenvalue weighted by Crippen LogP contribution is -2.53. The molecule has 5 rings (SSSR count). The molecular formula is C25H29NO7. The number of hydrogen-bond acceptors (Lipinski definition) is 8. The lowest BCUT2D eigenvalue weighted by atomic mass is 9.79. The van der Waals surface area contributed by atoms with E-state index in [-0.39, 0.29) is 12.5 Å². The smallest absolute Gasteiger partial charge is 0.336 e. The number of fused-ring (bicyclic) bond motifs is 1. The topological polar surface area (TPSA) is 87.4 Å². The fourth-order valence-electron chi connectivity index (χ4n) is 5.30. The van der Waals surface area contributed by atoms with Gasteiger partial charge in [-0.05, 0) is 43.0 Å². The standard InChI is InChI=1S/C25H29NO7/c1-24(29-4)13-21-25(33-24)16(14-30-21)6-5-7-20(25)32-23(28)11-15-10-22(27)31-19-12-17(26(2)3)8-9-18(15)19/h6,8-10,12,20-21H,5,7,11,13-14H2,1-4H3/t20-,21+,24?,25-/m1/s1. The van der Waals surface area contributed by atoms with E-state index in [1.807, 2.05) is 38.1 Å². The molecule has 0 N–H and O–H groups in total. The van der Waals surface area contributed by atoms with E-state index in [0.717, 1.165) is 17.7 Å². The van der Waals surface area contributed by atoms with Gasteiger partial charge in [0.2, 0.25) is 0 Å². The summed E-state index contributed by atoms with van der Waals surface area (Å²) >= 11 is 0. The van der Waals surface area contributed by atoms with Crippen LogP contribution in [0.3, 0.4) is 0 Å². The predicted molar refractivity (Wildman–Crippen MR) is 121 cm³/mol. The van der Waals surface area contributed by atoms with Crippen LogP contribution in [0.5, 0.6) is 0 Å². The molecule has 2 saturated heterocycles. The van der Waals surface area contributed by atoms with Gasteiger partial charge in [-0.3, -0.25) is 4.79 Å². The molecular weight excluding hydrogens is 426 g/mol. The van der Waals surface area contributed by atoms with Gasteiger partial charge in [0.15, 0.2) is 11.4 Å². The molecule has 3 aliphatic rings. The van der Waals surface area contributed by atoms with E-state index >= 15 is 0 Å². The summed E-state index contributed by atoms with van der Waals surface area (Å²) in [5.74, 6) is -1.22. The Bertz CT molecular complexity index is 1180. The van der Waals surface area contributed by atoms with Gasteiger partial charge in [0.25, 0.3) is 0 Å². The van der Waals surface area contributed by atoms with E-state index in [9.17, 15) is 9.59 Å². The van der Waals surface area contributed by atoms with Gasteiger partial charge >= 0.3 is 11.6 Å². The highest BCUT2D eigenvalue weighted by Gasteiger charge is 2.65.